The van der Waals surface area contributed by atoms with Crippen molar-refractivity contribution < 1.29 is 31.8 Å². The van der Waals surface area contributed by atoms with Crippen LogP contribution in [-0.4, -0.2) is 12.6 Å². The molecule has 0 saturated heterocycles. The van der Waals surface area contributed by atoms with Crippen LogP contribution in [0.2, 0.25) is 0 Å². The van der Waals surface area contributed by atoms with Crippen molar-refractivity contribution in [2.24, 2.45) is 0 Å². The Kier molecular flexibility index (Phi) is 7.72. The highest BCUT2D eigenvalue weighted by atomic mass is 19.2. The first-order valence-corrected chi connectivity index (χ1v) is 11.4. The monoisotopic (exact) mass is 506 g/mol. The van der Waals surface area contributed by atoms with Crippen LogP contribution in [0.5, 0.6) is 11.5 Å². The summed E-state index contributed by atoms with van der Waals surface area (Å²) in [6.45, 7) is 5.58. The highest BCUT2D eigenvalue weighted by molar-refractivity contribution is 5.92. The van der Waals surface area contributed by atoms with Crippen molar-refractivity contribution in [2.75, 3.05) is 6.61 Å². The van der Waals surface area contributed by atoms with Crippen molar-refractivity contribution >= 4 is 5.97 Å². The fourth-order valence-corrected chi connectivity index (χ4v) is 3.65. The number of esters is 1. The zero-order valence-electron chi connectivity index (χ0n) is 19.9. The third kappa shape index (κ3) is 5.56. The highest BCUT2D eigenvalue weighted by Gasteiger charge is 2.21. The second-order valence-corrected chi connectivity index (χ2v) is 8.23. The lowest BCUT2D eigenvalue weighted by molar-refractivity contribution is 0.0728. The normalized spacial score (nSPS) is 10.7. The predicted octanol–water partition coefficient (Wildman–Crippen LogP) is 8.06. The van der Waals surface area contributed by atoms with E-state index in [9.17, 15) is 22.4 Å². The second kappa shape index (κ2) is 11.1. The van der Waals surface area contributed by atoms with Gasteiger partial charge in [-0.05, 0) is 54.8 Å². The molecule has 0 spiro atoms. The van der Waals surface area contributed by atoms with Crippen molar-refractivity contribution in [2.45, 2.75) is 13.3 Å². The SMILES string of the molecule is C=CCCOc1ccc(-c2ccc(OC(=O)c3ccc(-c4ccc(C)cc4)c(F)c3F)cc2)c(F)c1F. The fourth-order valence-electron chi connectivity index (χ4n) is 3.65. The van der Waals surface area contributed by atoms with Crippen molar-refractivity contribution in [1.82, 2.24) is 0 Å². The van der Waals surface area contributed by atoms with E-state index in [1.807, 2.05) is 6.92 Å². The number of hydrogen-bond donors (Lipinski definition) is 0. The van der Waals surface area contributed by atoms with E-state index in [-0.39, 0.29) is 29.2 Å². The van der Waals surface area contributed by atoms with E-state index < -0.39 is 34.8 Å². The first-order valence-electron chi connectivity index (χ1n) is 11.4. The van der Waals surface area contributed by atoms with Gasteiger partial charge in [0.05, 0.1) is 12.2 Å². The Hall–Kier alpha value is -4.39. The number of aryl methyl sites for hydroxylation is 1. The molecule has 0 aliphatic rings. The van der Waals surface area contributed by atoms with Gasteiger partial charge in [-0.15, -0.1) is 6.58 Å². The van der Waals surface area contributed by atoms with E-state index >= 15 is 0 Å². The Morgan fingerprint density at radius 1 is 0.757 bits per heavy atom. The Morgan fingerprint density at radius 2 is 1.32 bits per heavy atom. The molecule has 37 heavy (non-hydrogen) atoms. The lowest BCUT2D eigenvalue weighted by Gasteiger charge is -2.11. The highest BCUT2D eigenvalue weighted by Crippen LogP contribution is 2.32. The second-order valence-electron chi connectivity index (χ2n) is 8.23. The minimum absolute atomic E-state index is 0.0152. The Bertz CT molecular complexity index is 1450. The average Bonchev–Trinajstić information content (AvgIpc) is 2.89. The molecule has 4 aromatic rings. The number of rotatable bonds is 8. The van der Waals surface area contributed by atoms with E-state index in [0.29, 0.717) is 17.5 Å². The van der Waals surface area contributed by atoms with Gasteiger partial charge in [0.2, 0.25) is 5.82 Å². The van der Waals surface area contributed by atoms with Crippen molar-refractivity contribution in [1.29, 1.82) is 0 Å². The first kappa shape index (κ1) is 25.7. The molecule has 0 atom stereocenters. The largest absolute Gasteiger partial charge is 0.490 e. The Morgan fingerprint density at radius 3 is 1.95 bits per heavy atom. The van der Waals surface area contributed by atoms with Crippen LogP contribution in [0.3, 0.4) is 0 Å². The van der Waals surface area contributed by atoms with Gasteiger partial charge >= 0.3 is 5.97 Å². The number of carbonyl (C=O) groups excluding carboxylic acids is 1. The lowest BCUT2D eigenvalue weighted by Crippen LogP contribution is -2.12. The van der Waals surface area contributed by atoms with E-state index in [1.165, 1.54) is 42.5 Å². The van der Waals surface area contributed by atoms with Crippen LogP contribution in [0.1, 0.15) is 22.3 Å². The van der Waals surface area contributed by atoms with Gasteiger partial charge in [-0.3, -0.25) is 0 Å². The Balaban J connectivity index is 1.50. The van der Waals surface area contributed by atoms with Crippen LogP contribution in [0.4, 0.5) is 17.6 Å². The van der Waals surface area contributed by atoms with Gasteiger partial charge < -0.3 is 9.47 Å². The van der Waals surface area contributed by atoms with Crippen LogP contribution in [0.25, 0.3) is 22.3 Å². The molecule has 0 amide bonds. The molecular formula is C30H22F4O3. The van der Waals surface area contributed by atoms with Gasteiger partial charge in [-0.25, -0.2) is 18.0 Å². The summed E-state index contributed by atoms with van der Waals surface area (Å²) >= 11 is 0. The maximum atomic E-state index is 14.7. The molecule has 0 aliphatic carbocycles. The molecule has 4 rings (SSSR count). The molecule has 0 aliphatic heterocycles. The first-order chi connectivity index (χ1) is 17.8. The minimum Gasteiger partial charge on any atom is -0.490 e. The molecule has 0 saturated carbocycles. The summed E-state index contributed by atoms with van der Waals surface area (Å²) in [6, 6.07) is 17.5. The van der Waals surface area contributed by atoms with Crippen molar-refractivity contribution in [3.8, 4) is 33.8 Å². The third-order valence-corrected chi connectivity index (χ3v) is 5.67. The molecule has 4 aromatic carbocycles. The molecule has 3 nitrogen and oxygen atoms in total. The summed E-state index contributed by atoms with van der Waals surface area (Å²) in [6.07, 6.45) is 2.08. The molecule has 0 N–H and O–H groups in total. The van der Waals surface area contributed by atoms with Crippen molar-refractivity contribution in [3.63, 3.8) is 0 Å². The van der Waals surface area contributed by atoms with Gasteiger partial charge in [0.25, 0.3) is 0 Å². The maximum Gasteiger partial charge on any atom is 0.346 e. The standard InChI is InChI=1S/C30H22F4O3/c1-3-4-17-36-25-16-15-23(27(32)29(25)34)20-9-11-21(12-10-20)37-30(35)24-14-13-22(26(31)28(24)33)19-7-5-18(2)6-8-19/h3,5-16H,1,4,17H2,2H3. The van der Waals surface area contributed by atoms with Gasteiger partial charge in [-0.1, -0.05) is 54.1 Å². The van der Waals surface area contributed by atoms with Crippen LogP contribution < -0.4 is 9.47 Å². The van der Waals surface area contributed by atoms with Crippen LogP contribution in [-0.2, 0) is 0 Å². The third-order valence-electron chi connectivity index (χ3n) is 5.67. The van der Waals surface area contributed by atoms with Gasteiger partial charge in [0, 0.05) is 11.1 Å². The minimum atomic E-state index is -1.33. The maximum absolute atomic E-state index is 14.7. The molecular weight excluding hydrogens is 484 g/mol. The summed E-state index contributed by atoms with van der Waals surface area (Å²) in [5.41, 5.74) is 1.17. The quantitative estimate of drug-likeness (QED) is 0.0797. The summed E-state index contributed by atoms with van der Waals surface area (Å²) in [5.74, 6) is -6.00. The van der Waals surface area contributed by atoms with Crippen LogP contribution in [0.15, 0.2) is 85.5 Å². The lowest BCUT2D eigenvalue weighted by atomic mass is 10.0. The zero-order valence-corrected chi connectivity index (χ0v) is 19.9. The van der Waals surface area contributed by atoms with Gasteiger partial charge in [0.1, 0.15) is 5.75 Å². The van der Waals surface area contributed by atoms with Gasteiger partial charge in [0.15, 0.2) is 23.2 Å². The topological polar surface area (TPSA) is 35.5 Å². The molecule has 0 radical (unpaired) electrons. The van der Waals surface area contributed by atoms with E-state index in [0.717, 1.165) is 11.6 Å². The summed E-state index contributed by atoms with van der Waals surface area (Å²) in [7, 11) is 0. The van der Waals surface area contributed by atoms with Crippen molar-refractivity contribution in [3.05, 3.63) is 120 Å². The molecule has 0 heterocycles. The number of carbonyl (C=O) groups is 1. The number of halogens is 4. The smallest absolute Gasteiger partial charge is 0.346 e. The summed E-state index contributed by atoms with van der Waals surface area (Å²) < 4.78 is 68.8. The molecule has 0 bridgehead atoms. The zero-order chi connectivity index (χ0) is 26.5. The fraction of sp³-hybridized carbons (Fsp3) is 0.100. The molecule has 188 valence electrons. The molecule has 0 fully saturated rings. The number of hydrogen-bond acceptors (Lipinski definition) is 3. The molecule has 0 aromatic heterocycles. The van der Waals surface area contributed by atoms with E-state index in [1.54, 1.807) is 30.3 Å². The van der Waals surface area contributed by atoms with Crippen LogP contribution in [0, 0.1) is 30.2 Å². The van der Waals surface area contributed by atoms with Crippen LogP contribution >= 0.6 is 0 Å². The molecule has 0 unspecified atom stereocenters. The predicted molar refractivity (Wildman–Crippen MR) is 134 cm³/mol. The van der Waals surface area contributed by atoms with E-state index in [2.05, 4.69) is 6.58 Å². The van der Waals surface area contributed by atoms with E-state index in [4.69, 9.17) is 9.47 Å². The summed E-state index contributed by atoms with van der Waals surface area (Å²) in [5, 5.41) is 0. The Labute approximate surface area is 211 Å². The number of benzene rings is 4. The summed E-state index contributed by atoms with van der Waals surface area (Å²) in [4.78, 5) is 12.5. The molecule has 7 heteroatoms. The van der Waals surface area contributed by atoms with Gasteiger partial charge in [-0.2, -0.15) is 4.39 Å². The number of ether oxygens (including phenoxy) is 2. The average molecular weight is 506 g/mol.